The summed E-state index contributed by atoms with van der Waals surface area (Å²) in [5, 5.41) is 9.69. The smallest absolute Gasteiger partial charge is 0.0755 e. The average Bonchev–Trinajstić information content (AvgIpc) is 2.26. The third-order valence-corrected chi connectivity index (χ3v) is 2.13. The molecule has 0 saturated heterocycles. The molecule has 2 nitrogen and oxygen atoms in total. The van der Waals surface area contributed by atoms with Crippen LogP contribution in [0, 0.1) is 0 Å². The summed E-state index contributed by atoms with van der Waals surface area (Å²) in [6, 6.07) is 10.1. The normalized spacial score (nSPS) is 11.1. The fourth-order valence-corrected chi connectivity index (χ4v) is 1.43. The van der Waals surface area contributed by atoms with E-state index in [0.29, 0.717) is 0 Å². The molecule has 2 rings (SSSR count). The highest BCUT2D eigenvalue weighted by Gasteiger charge is 1.94. The molecule has 0 radical (unpaired) electrons. The molecule has 0 amide bonds. The summed E-state index contributed by atoms with van der Waals surface area (Å²) in [5.41, 5.74) is 2.15. The van der Waals surface area contributed by atoms with Crippen molar-refractivity contribution in [1.82, 2.24) is 4.98 Å². The van der Waals surface area contributed by atoms with Gasteiger partial charge in [0.2, 0.25) is 0 Å². The van der Waals surface area contributed by atoms with Crippen molar-refractivity contribution in [3.05, 3.63) is 54.4 Å². The van der Waals surface area contributed by atoms with Gasteiger partial charge >= 0.3 is 0 Å². The van der Waals surface area contributed by atoms with Crippen molar-refractivity contribution < 1.29 is 5.11 Å². The number of hydrogen-bond donors (Lipinski definition) is 1. The Labute approximate surface area is 82.5 Å². The van der Waals surface area contributed by atoms with E-state index in [9.17, 15) is 0 Å². The van der Waals surface area contributed by atoms with Crippen molar-refractivity contribution in [3.63, 3.8) is 0 Å². The Hall–Kier alpha value is -1.83. The molecular formula is C12H11NO. The molecule has 0 aliphatic heterocycles. The quantitative estimate of drug-likeness (QED) is 0.730. The number of allylic oxidation sites excluding steroid dienone is 1. The highest BCUT2D eigenvalue weighted by molar-refractivity contribution is 5.78. The van der Waals surface area contributed by atoms with E-state index in [0.717, 1.165) is 29.1 Å². The summed E-state index contributed by atoms with van der Waals surface area (Å²) in [7, 11) is 0. The van der Waals surface area contributed by atoms with Crippen LogP contribution in [-0.2, 0) is 6.42 Å². The van der Waals surface area contributed by atoms with E-state index in [4.69, 9.17) is 5.11 Å². The molecule has 1 aromatic carbocycles. The van der Waals surface area contributed by atoms with Crippen LogP contribution in [0.1, 0.15) is 5.56 Å². The van der Waals surface area contributed by atoms with E-state index in [1.165, 1.54) is 0 Å². The molecule has 0 unspecified atom stereocenters. The molecule has 0 spiro atoms. The Kier molecular flexibility index (Phi) is 2.45. The van der Waals surface area contributed by atoms with Crippen molar-refractivity contribution >= 4 is 10.9 Å². The van der Waals surface area contributed by atoms with Gasteiger partial charge in [-0.05, 0) is 30.2 Å². The standard InChI is InChI=1S/C12H11NO/c14-8-2-3-10-5-6-11-4-1-7-13-12(11)9-10/h1-2,4-9,14H,3H2/b8-2+. The van der Waals surface area contributed by atoms with Crippen molar-refractivity contribution in [1.29, 1.82) is 0 Å². The number of aliphatic hydroxyl groups excluding tert-OH is 1. The lowest BCUT2D eigenvalue weighted by molar-refractivity contribution is 0.471. The van der Waals surface area contributed by atoms with Crippen LogP contribution in [0.5, 0.6) is 0 Å². The Morgan fingerprint density at radius 2 is 2.21 bits per heavy atom. The number of benzene rings is 1. The Balaban J connectivity index is 2.41. The van der Waals surface area contributed by atoms with E-state index >= 15 is 0 Å². The SMILES string of the molecule is O/C=C/Cc1ccc2cccnc2c1. The van der Waals surface area contributed by atoms with Gasteiger partial charge in [0.1, 0.15) is 0 Å². The maximum Gasteiger partial charge on any atom is 0.0755 e. The van der Waals surface area contributed by atoms with Gasteiger partial charge in [0.25, 0.3) is 0 Å². The maximum atomic E-state index is 8.54. The monoisotopic (exact) mass is 185 g/mol. The van der Waals surface area contributed by atoms with Gasteiger partial charge < -0.3 is 5.11 Å². The van der Waals surface area contributed by atoms with Crippen LogP contribution in [0.25, 0.3) is 10.9 Å². The number of fused-ring (bicyclic) bond motifs is 1. The Morgan fingerprint density at radius 1 is 1.29 bits per heavy atom. The van der Waals surface area contributed by atoms with Crippen molar-refractivity contribution in [2.45, 2.75) is 6.42 Å². The third-order valence-electron chi connectivity index (χ3n) is 2.13. The van der Waals surface area contributed by atoms with E-state index in [-0.39, 0.29) is 0 Å². The molecule has 0 saturated carbocycles. The third kappa shape index (κ3) is 1.74. The second-order valence-electron chi connectivity index (χ2n) is 3.12. The molecule has 0 aliphatic rings. The molecule has 2 heteroatoms. The van der Waals surface area contributed by atoms with Crippen molar-refractivity contribution in [3.8, 4) is 0 Å². The molecule has 1 aromatic heterocycles. The summed E-state index contributed by atoms with van der Waals surface area (Å²) >= 11 is 0. The summed E-state index contributed by atoms with van der Waals surface area (Å²) in [4.78, 5) is 4.26. The van der Waals surface area contributed by atoms with Crippen LogP contribution in [-0.4, -0.2) is 10.1 Å². The van der Waals surface area contributed by atoms with Gasteiger partial charge in [0.15, 0.2) is 0 Å². The first-order valence-corrected chi connectivity index (χ1v) is 4.53. The maximum absolute atomic E-state index is 8.54. The van der Waals surface area contributed by atoms with Crippen LogP contribution in [0.15, 0.2) is 48.9 Å². The first kappa shape index (κ1) is 8.75. The number of pyridine rings is 1. The van der Waals surface area contributed by atoms with Crippen LogP contribution in [0.3, 0.4) is 0 Å². The van der Waals surface area contributed by atoms with Crippen LogP contribution in [0.4, 0.5) is 0 Å². The first-order chi connectivity index (χ1) is 6.90. The van der Waals surface area contributed by atoms with Gasteiger partial charge in [-0.1, -0.05) is 18.2 Å². The minimum absolute atomic E-state index is 0.739. The van der Waals surface area contributed by atoms with Crippen LogP contribution >= 0.6 is 0 Å². The van der Waals surface area contributed by atoms with E-state index < -0.39 is 0 Å². The lowest BCUT2D eigenvalue weighted by Crippen LogP contribution is -1.83. The lowest BCUT2D eigenvalue weighted by atomic mass is 10.1. The molecule has 1 N–H and O–H groups in total. The number of aliphatic hydroxyl groups is 1. The zero-order chi connectivity index (χ0) is 9.80. The average molecular weight is 185 g/mol. The highest BCUT2D eigenvalue weighted by atomic mass is 16.2. The molecule has 0 aliphatic carbocycles. The second kappa shape index (κ2) is 3.92. The number of nitrogens with zero attached hydrogens (tertiary/aromatic N) is 1. The van der Waals surface area contributed by atoms with E-state index in [2.05, 4.69) is 4.98 Å². The zero-order valence-electron chi connectivity index (χ0n) is 7.72. The summed E-state index contributed by atoms with van der Waals surface area (Å²) in [6.45, 7) is 0. The predicted octanol–water partition coefficient (Wildman–Crippen LogP) is 2.85. The molecular weight excluding hydrogens is 174 g/mol. The van der Waals surface area contributed by atoms with E-state index in [1.807, 2.05) is 30.3 Å². The van der Waals surface area contributed by atoms with Crippen LogP contribution < -0.4 is 0 Å². The lowest BCUT2D eigenvalue weighted by Gasteiger charge is -1.99. The molecule has 2 aromatic rings. The Morgan fingerprint density at radius 3 is 3.07 bits per heavy atom. The van der Waals surface area contributed by atoms with Gasteiger partial charge in [0.05, 0.1) is 11.8 Å². The predicted molar refractivity (Wildman–Crippen MR) is 57.2 cm³/mol. The number of rotatable bonds is 2. The van der Waals surface area contributed by atoms with Crippen molar-refractivity contribution in [2.75, 3.05) is 0 Å². The minimum Gasteiger partial charge on any atom is -0.516 e. The molecule has 1 heterocycles. The highest BCUT2D eigenvalue weighted by Crippen LogP contribution is 2.13. The van der Waals surface area contributed by atoms with Gasteiger partial charge in [0, 0.05) is 11.6 Å². The molecule has 0 fully saturated rings. The molecule has 0 bridgehead atoms. The van der Waals surface area contributed by atoms with Crippen molar-refractivity contribution in [2.24, 2.45) is 0 Å². The fourth-order valence-electron chi connectivity index (χ4n) is 1.43. The van der Waals surface area contributed by atoms with Gasteiger partial charge in [-0.2, -0.15) is 0 Å². The summed E-state index contributed by atoms with van der Waals surface area (Å²) < 4.78 is 0. The Bertz CT molecular complexity index is 463. The minimum atomic E-state index is 0.739. The number of hydrogen-bond acceptors (Lipinski definition) is 2. The molecule has 70 valence electrons. The largest absolute Gasteiger partial charge is 0.516 e. The van der Waals surface area contributed by atoms with Gasteiger partial charge in [-0.25, -0.2) is 0 Å². The first-order valence-electron chi connectivity index (χ1n) is 4.53. The van der Waals surface area contributed by atoms with E-state index in [1.54, 1.807) is 12.3 Å². The molecule has 0 atom stereocenters. The number of aromatic nitrogens is 1. The topological polar surface area (TPSA) is 33.1 Å². The van der Waals surface area contributed by atoms with Gasteiger partial charge in [-0.15, -0.1) is 0 Å². The summed E-state index contributed by atoms with van der Waals surface area (Å²) in [5.74, 6) is 0. The zero-order valence-corrected chi connectivity index (χ0v) is 7.72. The van der Waals surface area contributed by atoms with Crippen LogP contribution in [0.2, 0.25) is 0 Å². The summed E-state index contributed by atoms with van der Waals surface area (Å²) in [6.07, 6.45) is 5.31. The van der Waals surface area contributed by atoms with Gasteiger partial charge in [-0.3, -0.25) is 4.98 Å². The second-order valence-corrected chi connectivity index (χ2v) is 3.12. The molecule has 14 heavy (non-hydrogen) atoms. The fraction of sp³-hybridized carbons (Fsp3) is 0.0833.